The fourth-order valence-electron chi connectivity index (χ4n) is 7.55. The van der Waals surface area contributed by atoms with Crippen molar-refractivity contribution in [3.63, 3.8) is 0 Å². The number of unbranched alkanes of at least 4 members (excludes halogenated alkanes) is 26. The van der Waals surface area contributed by atoms with Gasteiger partial charge in [0.25, 0.3) is 0 Å². The lowest BCUT2D eigenvalue weighted by Crippen LogP contribution is -2.30. The van der Waals surface area contributed by atoms with Gasteiger partial charge in [-0.1, -0.05) is 234 Å². The second kappa shape index (κ2) is 42.5. The maximum atomic E-state index is 12.7. The largest absolute Gasteiger partial charge is 0.462 e. The van der Waals surface area contributed by atoms with E-state index in [0.29, 0.717) is 19.3 Å². The molecule has 57 heavy (non-hydrogen) atoms. The van der Waals surface area contributed by atoms with Gasteiger partial charge in [0, 0.05) is 19.3 Å². The number of hydrogen-bond acceptors (Lipinski definition) is 6. The molecule has 0 heterocycles. The minimum atomic E-state index is -0.762. The van der Waals surface area contributed by atoms with Gasteiger partial charge in [0.1, 0.15) is 13.2 Å². The van der Waals surface area contributed by atoms with E-state index in [1.807, 2.05) is 0 Å². The van der Waals surface area contributed by atoms with Gasteiger partial charge in [0.05, 0.1) is 0 Å². The van der Waals surface area contributed by atoms with Crippen LogP contribution in [0.4, 0.5) is 0 Å². The lowest BCUT2D eigenvalue weighted by molar-refractivity contribution is -0.167. The van der Waals surface area contributed by atoms with Crippen LogP contribution in [0.2, 0.25) is 0 Å². The van der Waals surface area contributed by atoms with E-state index in [-0.39, 0.29) is 31.1 Å². The number of carbonyl (C=O) groups excluding carboxylic acids is 3. The molecular formula is C51H98O6. The summed E-state index contributed by atoms with van der Waals surface area (Å²) in [6.07, 6.45) is 41.0. The highest BCUT2D eigenvalue weighted by Gasteiger charge is 2.19. The molecule has 0 aromatic rings. The summed E-state index contributed by atoms with van der Waals surface area (Å²) in [6, 6.07) is 0. The standard InChI is InChI=1S/C51H98O6/c1-7-47(6)39-33-27-20-16-12-10-8-9-11-13-17-21-28-34-40-49(52)55-43-48(44-56-50(53)41-35-29-24-23-26-32-38-46(4)5)57-51(54)42-36-30-22-18-14-15-19-25-31-37-45(2)3/h45-48H,7-44H2,1-6H3/t47?,48-/m0/s1. The first-order chi connectivity index (χ1) is 27.6. The molecule has 0 aromatic carbocycles. The van der Waals surface area contributed by atoms with Crippen LogP contribution >= 0.6 is 0 Å². The number of esters is 3. The van der Waals surface area contributed by atoms with E-state index < -0.39 is 6.10 Å². The van der Waals surface area contributed by atoms with Crippen LogP contribution in [0, 0.1) is 17.8 Å². The average Bonchev–Trinajstić information content (AvgIpc) is 3.18. The van der Waals surface area contributed by atoms with Crippen molar-refractivity contribution in [1.29, 1.82) is 0 Å². The Morgan fingerprint density at radius 3 is 0.912 bits per heavy atom. The van der Waals surface area contributed by atoms with E-state index in [1.165, 1.54) is 154 Å². The van der Waals surface area contributed by atoms with E-state index >= 15 is 0 Å². The molecule has 0 aliphatic rings. The summed E-state index contributed by atoms with van der Waals surface area (Å²) >= 11 is 0. The molecule has 0 bridgehead atoms. The summed E-state index contributed by atoms with van der Waals surface area (Å²) in [5.41, 5.74) is 0. The zero-order chi connectivity index (χ0) is 42.0. The van der Waals surface area contributed by atoms with Crippen LogP contribution in [0.3, 0.4) is 0 Å². The maximum absolute atomic E-state index is 12.7. The molecule has 338 valence electrons. The Labute approximate surface area is 355 Å². The number of hydrogen-bond donors (Lipinski definition) is 0. The van der Waals surface area contributed by atoms with E-state index in [9.17, 15) is 14.4 Å². The first-order valence-electron chi connectivity index (χ1n) is 25.1. The normalized spacial score (nSPS) is 12.6. The van der Waals surface area contributed by atoms with Crippen LogP contribution in [0.5, 0.6) is 0 Å². The van der Waals surface area contributed by atoms with Gasteiger partial charge in [-0.3, -0.25) is 14.4 Å². The summed E-state index contributed by atoms with van der Waals surface area (Å²) in [6.45, 7) is 13.7. The van der Waals surface area contributed by atoms with E-state index in [2.05, 4.69) is 41.5 Å². The first kappa shape index (κ1) is 55.4. The van der Waals surface area contributed by atoms with Gasteiger partial charge < -0.3 is 14.2 Å². The van der Waals surface area contributed by atoms with Crippen LogP contribution in [-0.4, -0.2) is 37.2 Å². The second-order valence-electron chi connectivity index (χ2n) is 18.6. The van der Waals surface area contributed by atoms with Gasteiger partial charge in [0.15, 0.2) is 6.10 Å². The van der Waals surface area contributed by atoms with Crippen molar-refractivity contribution in [3.05, 3.63) is 0 Å². The molecule has 0 saturated heterocycles. The van der Waals surface area contributed by atoms with Gasteiger partial charge in [-0.25, -0.2) is 0 Å². The van der Waals surface area contributed by atoms with Gasteiger partial charge in [0.2, 0.25) is 0 Å². The third-order valence-electron chi connectivity index (χ3n) is 11.8. The average molecular weight is 807 g/mol. The summed E-state index contributed by atoms with van der Waals surface area (Å²) in [5.74, 6) is 1.60. The molecule has 2 atom stereocenters. The summed E-state index contributed by atoms with van der Waals surface area (Å²) in [4.78, 5) is 37.8. The number of ether oxygens (including phenoxy) is 3. The first-order valence-corrected chi connectivity index (χ1v) is 25.1. The second-order valence-corrected chi connectivity index (χ2v) is 18.6. The van der Waals surface area contributed by atoms with Gasteiger partial charge in [-0.15, -0.1) is 0 Å². The number of rotatable bonds is 44. The van der Waals surface area contributed by atoms with Crippen LogP contribution < -0.4 is 0 Å². The molecule has 0 saturated carbocycles. The maximum Gasteiger partial charge on any atom is 0.306 e. The molecule has 0 rings (SSSR count). The molecule has 6 nitrogen and oxygen atoms in total. The monoisotopic (exact) mass is 807 g/mol. The quantitative estimate of drug-likeness (QED) is 0.0347. The highest BCUT2D eigenvalue weighted by molar-refractivity contribution is 5.71. The SMILES string of the molecule is CCC(C)CCCCCCCCCCCCCCCCC(=O)OC[C@@H](COC(=O)CCCCCCCCC(C)C)OC(=O)CCCCCCCCCCCC(C)C. The minimum Gasteiger partial charge on any atom is -0.462 e. The summed E-state index contributed by atoms with van der Waals surface area (Å²) in [5, 5.41) is 0. The van der Waals surface area contributed by atoms with Gasteiger partial charge >= 0.3 is 17.9 Å². The molecule has 1 unspecified atom stereocenters. The highest BCUT2D eigenvalue weighted by atomic mass is 16.6. The van der Waals surface area contributed by atoms with Crippen LogP contribution in [-0.2, 0) is 28.6 Å². The van der Waals surface area contributed by atoms with Crippen molar-refractivity contribution in [2.45, 2.75) is 279 Å². The minimum absolute atomic E-state index is 0.0658. The molecule has 0 aliphatic carbocycles. The number of carbonyl (C=O) groups is 3. The Kier molecular flexibility index (Phi) is 41.3. The lowest BCUT2D eigenvalue weighted by Gasteiger charge is -2.18. The van der Waals surface area contributed by atoms with Gasteiger partial charge in [-0.2, -0.15) is 0 Å². The Hall–Kier alpha value is -1.59. The third kappa shape index (κ3) is 43.8. The molecule has 0 N–H and O–H groups in total. The zero-order valence-corrected chi connectivity index (χ0v) is 39.1. The Balaban J connectivity index is 4.25. The Morgan fingerprint density at radius 1 is 0.351 bits per heavy atom. The predicted molar refractivity (Wildman–Crippen MR) is 243 cm³/mol. The van der Waals surface area contributed by atoms with Crippen molar-refractivity contribution >= 4 is 17.9 Å². The molecule has 6 heteroatoms. The topological polar surface area (TPSA) is 78.9 Å². The zero-order valence-electron chi connectivity index (χ0n) is 39.1. The van der Waals surface area contributed by atoms with Crippen molar-refractivity contribution in [2.24, 2.45) is 17.8 Å². The van der Waals surface area contributed by atoms with Crippen molar-refractivity contribution < 1.29 is 28.6 Å². The Bertz CT molecular complexity index is 885. The Morgan fingerprint density at radius 2 is 0.614 bits per heavy atom. The van der Waals surface area contributed by atoms with E-state index in [1.54, 1.807) is 0 Å². The molecule has 0 spiro atoms. The van der Waals surface area contributed by atoms with Crippen LogP contribution in [0.25, 0.3) is 0 Å². The van der Waals surface area contributed by atoms with Crippen molar-refractivity contribution in [3.8, 4) is 0 Å². The molecular weight excluding hydrogens is 709 g/mol. The molecule has 0 aromatic heterocycles. The molecule has 0 radical (unpaired) electrons. The fraction of sp³-hybridized carbons (Fsp3) is 0.941. The van der Waals surface area contributed by atoms with E-state index in [0.717, 1.165) is 75.5 Å². The van der Waals surface area contributed by atoms with Gasteiger partial charge in [-0.05, 0) is 37.0 Å². The lowest BCUT2D eigenvalue weighted by atomic mass is 9.99. The summed E-state index contributed by atoms with van der Waals surface area (Å²) < 4.78 is 16.8. The molecule has 0 amide bonds. The van der Waals surface area contributed by atoms with Crippen molar-refractivity contribution in [1.82, 2.24) is 0 Å². The molecule has 0 fully saturated rings. The third-order valence-corrected chi connectivity index (χ3v) is 11.8. The predicted octanol–water partition coefficient (Wildman–Crippen LogP) is 16.0. The smallest absolute Gasteiger partial charge is 0.306 e. The highest BCUT2D eigenvalue weighted by Crippen LogP contribution is 2.18. The molecule has 0 aliphatic heterocycles. The van der Waals surface area contributed by atoms with Crippen LogP contribution in [0.1, 0.15) is 273 Å². The van der Waals surface area contributed by atoms with E-state index in [4.69, 9.17) is 14.2 Å². The van der Waals surface area contributed by atoms with Crippen molar-refractivity contribution in [2.75, 3.05) is 13.2 Å². The van der Waals surface area contributed by atoms with Crippen LogP contribution in [0.15, 0.2) is 0 Å². The summed E-state index contributed by atoms with van der Waals surface area (Å²) in [7, 11) is 0. The fourth-order valence-corrected chi connectivity index (χ4v) is 7.55.